The molecule has 2 heterocycles. The Morgan fingerprint density at radius 2 is 2.08 bits per heavy atom. The molecule has 1 aromatic carbocycles. The summed E-state index contributed by atoms with van der Waals surface area (Å²) in [6, 6.07) is 11.4. The molecular formula is C18H15BrN2O2S3. The first kappa shape index (κ1) is 19.3. The lowest BCUT2D eigenvalue weighted by molar-refractivity contribution is -0.122. The van der Waals surface area contributed by atoms with Crippen molar-refractivity contribution in [3.8, 4) is 0 Å². The fourth-order valence-corrected chi connectivity index (χ4v) is 4.78. The number of carbonyl (C=O) groups excluding carboxylic acids is 2. The summed E-state index contributed by atoms with van der Waals surface area (Å²) in [5, 5.41) is 4.83. The molecule has 26 heavy (non-hydrogen) atoms. The molecule has 0 saturated carbocycles. The highest BCUT2D eigenvalue weighted by molar-refractivity contribution is 9.10. The number of carbonyl (C=O) groups is 2. The molecule has 1 fully saturated rings. The lowest BCUT2D eigenvalue weighted by Crippen LogP contribution is -2.29. The first-order chi connectivity index (χ1) is 12.5. The third-order valence-electron chi connectivity index (χ3n) is 3.62. The van der Waals surface area contributed by atoms with E-state index in [9.17, 15) is 9.59 Å². The number of amides is 2. The molecule has 4 nitrogen and oxygen atoms in total. The quantitative estimate of drug-likeness (QED) is 0.473. The van der Waals surface area contributed by atoms with Gasteiger partial charge >= 0.3 is 0 Å². The third-order valence-corrected chi connectivity index (χ3v) is 6.51. The second kappa shape index (κ2) is 8.94. The number of benzene rings is 1. The molecule has 1 aliphatic heterocycles. The average molecular weight is 467 g/mol. The van der Waals surface area contributed by atoms with Gasteiger partial charge in [-0.2, -0.15) is 0 Å². The Balaban J connectivity index is 1.52. The Morgan fingerprint density at radius 1 is 1.27 bits per heavy atom. The summed E-state index contributed by atoms with van der Waals surface area (Å²) < 4.78 is 1.38. The number of thiocarbonyl (C=S) groups is 1. The molecule has 3 rings (SSSR count). The normalized spacial score (nSPS) is 15.7. The molecule has 2 amide bonds. The zero-order valence-corrected chi connectivity index (χ0v) is 17.6. The summed E-state index contributed by atoms with van der Waals surface area (Å²) in [6.45, 7) is 0.440. The van der Waals surface area contributed by atoms with Crippen LogP contribution in [0.2, 0.25) is 0 Å². The minimum absolute atomic E-state index is 0.0837. The van der Waals surface area contributed by atoms with Crippen molar-refractivity contribution < 1.29 is 9.59 Å². The molecule has 0 bridgehead atoms. The second-order valence-electron chi connectivity index (χ2n) is 5.48. The van der Waals surface area contributed by atoms with Crippen LogP contribution in [0.1, 0.15) is 17.7 Å². The van der Waals surface area contributed by atoms with E-state index in [2.05, 4.69) is 21.2 Å². The SMILES string of the molecule is O=C(CCCN1C(=O)C(=Cc2cccs2)SC1=S)Nc1ccccc1Br. The second-order valence-corrected chi connectivity index (χ2v) is 8.99. The van der Waals surface area contributed by atoms with Crippen LogP contribution in [0.4, 0.5) is 5.69 Å². The van der Waals surface area contributed by atoms with Crippen molar-refractivity contribution in [3.63, 3.8) is 0 Å². The number of halogens is 1. The van der Waals surface area contributed by atoms with Gasteiger partial charge in [-0.05, 0) is 52.0 Å². The van der Waals surface area contributed by atoms with Crippen molar-refractivity contribution in [3.05, 3.63) is 56.0 Å². The number of hydrogen-bond donors (Lipinski definition) is 1. The summed E-state index contributed by atoms with van der Waals surface area (Å²) >= 11 is 11.6. The van der Waals surface area contributed by atoms with Crippen molar-refractivity contribution in [1.29, 1.82) is 0 Å². The van der Waals surface area contributed by atoms with Crippen LogP contribution in [0.25, 0.3) is 6.08 Å². The number of nitrogens with one attached hydrogen (secondary N) is 1. The number of thioether (sulfide) groups is 1. The third kappa shape index (κ3) is 4.82. The molecule has 0 radical (unpaired) electrons. The van der Waals surface area contributed by atoms with Crippen molar-refractivity contribution in [1.82, 2.24) is 4.90 Å². The molecule has 0 unspecified atom stereocenters. The van der Waals surface area contributed by atoms with Gasteiger partial charge in [0.15, 0.2) is 0 Å². The monoisotopic (exact) mass is 466 g/mol. The van der Waals surface area contributed by atoms with Crippen LogP contribution in [-0.4, -0.2) is 27.6 Å². The van der Waals surface area contributed by atoms with E-state index < -0.39 is 0 Å². The van der Waals surface area contributed by atoms with Gasteiger partial charge in [0.05, 0.1) is 10.6 Å². The lowest BCUT2D eigenvalue weighted by atomic mass is 10.2. The Bertz CT molecular complexity index is 865. The maximum Gasteiger partial charge on any atom is 0.266 e. The molecule has 134 valence electrons. The predicted octanol–water partition coefficient (Wildman–Crippen LogP) is 5.13. The zero-order chi connectivity index (χ0) is 18.5. The molecular weight excluding hydrogens is 452 g/mol. The number of nitrogens with zero attached hydrogens (tertiary/aromatic N) is 1. The van der Waals surface area contributed by atoms with E-state index >= 15 is 0 Å². The van der Waals surface area contributed by atoms with Gasteiger partial charge < -0.3 is 5.32 Å². The molecule has 0 atom stereocenters. The van der Waals surface area contributed by atoms with Crippen molar-refractivity contribution in [2.24, 2.45) is 0 Å². The van der Waals surface area contributed by atoms with Gasteiger partial charge in [0.2, 0.25) is 5.91 Å². The molecule has 0 spiro atoms. The van der Waals surface area contributed by atoms with Gasteiger partial charge in [0, 0.05) is 22.3 Å². The fraction of sp³-hybridized carbons (Fsp3) is 0.167. The highest BCUT2D eigenvalue weighted by Gasteiger charge is 2.31. The first-order valence-corrected chi connectivity index (χ1v) is 10.8. The van der Waals surface area contributed by atoms with Gasteiger partial charge in [0.25, 0.3) is 5.91 Å². The predicted molar refractivity (Wildman–Crippen MR) is 116 cm³/mol. The number of hydrogen-bond acceptors (Lipinski definition) is 5. The number of para-hydroxylation sites is 1. The Labute approximate surface area is 173 Å². The minimum atomic E-state index is -0.0866. The highest BCUT2D eigenvalue weighted by atomic mass is 79.9. The lowest BCUT2D eigenvalue weighted by Gasteiger charge is -2.14. The first-order valence-electron chi connectivity index (χ1n) is 7.88. The van der Waals surface area contributed by atoms with Crippen molar-refractivity contribution in [2.75, 3.05) is 11.9 Å². The Morgan fingerprint density at radius 3 is 2.81 bits per heavy atom. The van der Waals surface area contributed by atoms with Gasteiger partial charge in [-0.3, -0.25) is 14.5 Å². The van der Waals surface area contributed by atoms with Crippen molar-refractivity contribution in [2.45, 2.75) is 12.8 Å². The van der Waals surface area contributed by atoms with Crippen molar-refractivity contribution >= 4 is 79.1 Å². The molecule has 1 aliphatic rings. The summed E-state index contributed by atoms with van der Waals surface area (Å²) in [7, 11) is 0. The van der Waals surface area contributed by atoms with Crippen LogP contribution in [-0.2, 0) is 9.59 Å². The van der Waals surface area contributed by atoms with E-state index in [0.29, 0.717) is 28.6 Å². The van der Waals surface area contributed by atoms with Gasteiger partial charge in [-0.1, -0.05) is 42.2 Å². The fourth-order valence-electron chi connectivity index (χ4n) is 2.37. The van der Waals surface area contributed by atoms with Gasteiger partial charge in [-0.25, -0.2) is 0 Å². The average Bonchev–Trinajstić information content (AvgIpc) is 3.21. The van der Waals surface area contributed by atoms with Crippen LogP contribution in [0.3, 0.4) is 0 Å². The number of thiophene rings is 1. The Hall–Kier alpha value is -1.48. The minimum Gasteiger partial charge on any atom is -0.325 e. The van der Waals surface area contributed by atoms with E-state index in [-0.39, 0.29) is 11.8 Å². The number of anilines is 1. The summed E-state index contributed by atoms with van der Waals surface area (Å²) in [4.78, 5) is 27.8. The molecule has 1 saturated heterocycles. The molecule has 0 aliphatic carbocycles. The van der Waals surface area contributed by atoms with Crippen LogP contribution in [0.15, 0.2) is 51.2 Å². The summed E-state index contributed by atoms with van der Waals surface area (Å²) in [6.07, 6.45) is 2.74. The van der Waals surface area contributed by atoms with Gasteiger partial charge in [0.1, 0.15) is 4.32 Å². The topological polar surface area (TPSA) is 49.4 Å². The van der Waals surface area contributed by atoms with Crippen LogP contribution in [0, 0.1) is 0 Å². The highest BCUT2D eigenvalue weighted by Crippen LogP contribution is 2.33. The molecule has 8 heteroatoms. The van der Waals surface area contributed by atoms with Crippen LogP contribution in [0.5, 0.6) is 0 Å². The molecule has 2 aromatic rings. The summed E-state index contributed by atoms with van der Waals surface area (Å²) in [5.74, 6) is -0.170. The smallest absolute Gasteiger partial charge is 0.266 e. The van der Waals surface area contributed by atoms with E-state index in [1.54, 1.807) is 16.2 Å². The van der Waals surface area contributed by atoms with Crippen LogP contribution >= 0.6 is 51.2 Å². The maximum atomic E-state index is 12.5. The number of rotatable bonds is 6. The van der Waals surface area contributed by atoms with E-state index in [0.717, 1.165) is 15.0 Å². The standard InChI is InChI=1S/C18H15BrN2O2S3/c19-13-6-1-2-7-14(13)20-16(22)8-3-9-21-17(23)15(26-18(21)24)11-12-5-4-10-25-12/h1-2,4-7,10-11H,3,8-9H2,(H,20,22). The Kier molecular flexibility index (Phi) is 6.63. The van der Waals surface area contributed by atoms with Gasteiger partial charge in [-0.15, -0.1) is 11.3 Å². The largest absolute Gasteiger partial charge is 0.325 e. The van der Waals surface area contributed by atoms with E-state index in [1.165, 1.54) is 11.8 Å². The summed E-state index contributed by atoms with van der Waals surface area (Å²) in [5.41, 5.74) is 0.738. The van der Waals surface area contributed by atoms with Crippen LogP contribution < -0.4 is 5.32 Å². The molecule has 1 aromatic heterocycles. The van der Waals surface area contributed by atoms with E-state index in [4.69, 9.17) is 12.2 Å². The maximum absolute atomic E-state index is 12.5. The molecule has 1 N–H and O–H groups in total. The van der Waals surface area contributed by atoms with E-state index in [1.807, 2.05) is 47.9 Å². The zero-order valence-electron chi connectivity index (χ0n) is 13.6.